The fourth-order valence-corrected chi connectivity index (χ4v) is 4.59. The van der Waals surface area contributed by atoms with Crippen molar-refractivity contribution in [3.8, 4) is 0 Å². The molecule has 25 heavy (non-hydrogen) atoms. The number of benzene rings is 2. The Bertz CT molecular complexity index is 948. The van der Waals surface area contributed by atoms with Crippen LogP contribution in [0.5, 0.6) is 0 Å². The van der Waals surface area contributed by atoms with E-state index >= 15 is 0 Å². The van der Waals surface area contributed by atoms with Crippen molar-refractivity contribution in [3.05, 3.63) is 66.4 Å². The first-order valence-corrected chi connectivity index (χ1v) is 9.01. The second kappa shape index (κ2) is 6.41. The molecule has 1 aliphatic heterocycles. The van der Waals surface area contributed by atoms with Crippen molar-refractivity contribution in [2.24, 2.45) is 5.92 Å². The number of nitrogens with zero attached hydrogens (tertiary/aromatic N) is 1. The van der Waals surface area contributed by atoms with Crippen LogP contribution in [0, 0.1) is 5.92 Å². The number of para-hydroxylation sites is 1. The third-order valence-electron chi connectivity index (χ3n) is 4.54. The number of rotatable bonds is 3. The molecule has 0 saturated heterocycles. The van der Waals surface area contributed by atoms with Crippen LogP contribution in [-0.4, -0.2) is 23.6 Å². The van der Waals surface area contributed by atoms with Crippen LogP contribution >= 0.6 is 11.8 Å². The highest BCUT2D eigenvalue weighted by atomic mass is 32.2. The standard InChI is InChI=1S/C20H17NO3S/c1-24-20(23)15-12-18(25-14-8-3-2-4-9-14)17-11-13-7-5-6-10-16(13)21(17)19(15)22/h2-11,15,18H,12H2,1H3. The fraction of sp³-hybridized carbons (Fsp3) is 0.200. The minimum atomic E-state index is -0.769. The monoisotopic (exact) mass is 351 g/mol. The normalized spacial score (nSPS) is 19.6. The lowest BCUT2D eigenvalue weighted by molar-refractivity contribution is -0.144. The molecule has 4 rings (SSSR count). The molecule has 0 N–H and O–H groups in total. The van der Waals surface area contributed by atoms with Gasteiger partial charge >= 0.3 is 5.97 Å². The molecule has 0 aliphatic carbocycles. The molecular weight excluding hydrogens is 334 g/mol. The van der Waals surface area contributed by atoms with E-state index in [9.17, 15) is 9.59 Å². The Morgan fingerprint density at radius 1 is 1.12 bits per heavy atom. The van der Waals surface area contributed by atoms with E-state index in [1.54, 1.807) is 16.3 Å². The van der Waals surface area contributed by atoms with Crippen LogP contribution in [0.3, 0.4) is 0 Å². The lowest BCUT2D eigenvalue weighted by atomic mass is 9.97. The van der Waals surface area contributed by atoms with Gasteiger partial charge in [0.15, 0.2) is 0 Å². The molecule has 3 aromatic rings. The largest absolute Gasteiger partial charge is 0.468 e. The summed E-state index contributed by atoms with van der Waals surface area (Å²) in [6.45, 7) is 0. The summed E-state index contributed by atoms with van der Waals surface area (Å²) >= 11 is 1.68. The van der Waals surface area contributed by atoms with E-state index in [-0.39, 0.29) is 11.2 Å². The zero-order chi connectivity index (χ0) is 17.4. The maximum Gasteiger partial charge on any atom is 0.318 e. The molecule has 2 aromatic carbocycles. The third-order valence-corrected chi connectivity index (χ3v) is 5.81. The summed E-state index contributed by atoms with van der Waals surface area (Å²) in [5, 5.41) is 1.02. The van der Waals surface area contributed by atoms with Gasteiger partial charge in [0.1, 0.15) is 5.92 Å². The number of esters is 1. The Morgan fingerprint density at radius 3 is 2.60 bits per heavy atom. The highest BCUT2D eigenvalue weighted by Crippen LogP contribution is 2.45. The van der Waals surface area contributed by atoms with Crippen molar-refractivity contribution in [1.29, 1.82) is 0 Å². The van der Waals surface area contributed by atoms with Gasteiger partial charge in [-0.25, -0.2) is 0 Å². The average Bonchev–Trinajstić information content (AvgIpc) is 3.04. The van der Waals surface area contributed by atoms with Crippen LogP contribution < -0.4 is 0 Å². The Balaban J connectivity index is 1.83. The molecule has 0 bridgehead atoms. The van der Waals surface area contributed by atoms with E-state index in [0.717, 1.165) is 21.5 Å². The SMILES string of the molecule is COC(=O)C1CC(Sc2ccccc2)c2cc3ccccc3n2C1=O. The molecule has 0 fully saturated rings. The van der Waals surface area contributed by atoms with Gasteiger partial charge in [-0.3, -0.25) is 14.2 Å². The van der Waals surface area contributed by atoms with Gasteiger partial charge in [0, 0.05) is 16.0 Å². The van der Waals surface area contributed by atoms with Crippen molar-refractivity contribution in [2.75, 3.05) is 7.11 Å². The molecule has 0 saturated carbocycles. The van der Waals surface area contributed by atoms with E-state index in [0.29, 0.717) is 6.42 Å². The predicted molar refractivity (Wildman–Crippen MR) is 97.7 cm³/mol. The average molecular weight is 351 g/mol. The summed E-state index contributed by atoms with van der Waals surface area (Å²) in [6.07, 6.45) is 0.446. The lowest BCUT2D eigenvalue weighted by Gasteiger charge is -2.28. The maximum atomic E-state index is 12.9. The molecule has 0 spiro atoms. The van der Waals surface area contributed by atoms with Gasteiger partial charge in [0.05, 0.1) is 17.9 Å². The molecule has 2 atom stereocenters. The van der Waals surface area contributed by atoms with Gasteiger partial charge < -0.3 is 4.74 Å². The topological polar surface area (TPSA) is 48.3 Å². The summed E-state index contributed by atoms with van der Waals surface area (Å²) in [5.41, 5.74) is 1.79. The summed E-state index contributed by atoms with van der Waals surface area (Å²) in [4.78, 5) is 26.2. The van der Waals surface area contributed by atoms with Crippen LogP contribution in [0.2, 0.25) is 0 Å². The Kier molecular flexibility index (Phi) is 4.09. The lowest BCUT2D eigenvalue weighted by Crippen LogP contribution is -2.36. The van der Waals surface area contributed by atoms with Gasteiger partial charge in [-0.05, 0) is 30.7 Å². The number of carbonyl (C=O) groups excluding carboxylic acids is 2. The molecule has 126 valence electrons. The van der Waals surface area contributed by atoms with Gasteiger partial charge in [0.2, 0.25) is 5.91 Å². The molecule has 4 nitrogen and oxygen atoms in total. The second-order valence-electron chi connectivity index (χ2n) is 6.03. The number of thioether (sulfide) groups is 1. The van der Waals surface area contributed by atoms with E-state index in [4.69, 9.17) is 4.74 Å². The van der Waals surface area contributed by atoms with E-state index in [1.165, 1.54) is 7.11 Å². The van der Waals surface area contributed by atoms with Crippen molar-refractivity contribution in [1.82, 2.24) is 4.57 Å². The first-order valence-electron chi connectivity index (χ1n) is 8.13. The molecular formula is C20H17NO3S. The summed E-state index contributed by atoms with van der Waals surface area (Å²) < 4.78 is 6.58. The number of ether oxygens (including phenoxy) is 1. The smallest absolute Gasteiger partial charge is 0.318 e. The molecule has 0 amide bonds. The van der Waals surface area contributed by atoms with Gasteiger partial charge in [-0.1, -0.05) is 36.4 Å². The number of methoxy groups -OCH3 is 1. The fourth-order valence-electron chi connectivity index (χ4n) is 3.36. The van der Waals surface area contributed by atoms with Crippen molar-refractivity contribution >= 4 is 34.5 Å². The Morgan fingerprint density at radius 2 is 1.84 bits per heavy atom. The van der Waals surface area contributed by atoms with E-state index in [1.807, 2.05) is 54.6 Å². The quantitative estimate of drug-likeness (QED) is 0.521. The Hall–Kier alpha value is -2.53. The van der Waals surface area contributed by atoms with Crippen molar-refractivity contribution < 1.29 is 14.3 Å². The molecule has 0 radical (unpaired) electrons. The molecule has 1 aromatic heterocycles. The second-order valence-corrected chi connectivity index (χ2v) is 7.31. The number of hydrogen-bond acceptors (Lipinski definition) is 4. The first-order chi connectivity index (χ1) is 12.2. The van der Waals surface area contributed by atoms with E-state index < -0.39 is 11.9 Å². The number of carbonyl (C=O) groups is 2. The van der Waals surface area contributed by atoms with Crippen molar-refractivity contribution in [2.45, 2.75) is 16.6 Å². The Labute approximate surface area is 149 Å². The highest BCUT2D eigenvalue weighted by molar-refractivity contribution is 7.99. The maximum absolute atomic E-state index is 12.9. The van der Waals surface area contributed by atoms with Gasteiger partial charge in [-0.2, -0.15) is 0 Å². The van der Waals surface area contributed by atoms with Crippen LogP contribution in [0.15, 0.2) is 65.6 Å². The number of hydrogen-bond donors (Lipinski definition) is 0. The van der Waals surface area contributed by atoms with Gasteiger partial charge in [-0.15, -0.1) is 11.8 Å². The predicted octanol–water partition coefficient (Wildman–Crippen LogP) is 4.31. The minimum absolute atomic E-state index is 0.0107. The summed E-state index contributed by atoms with van der Waals surface area (Å²) in [6, 6.07) is 19.9. The first kappa shape index (κ1) is 16.0. The molecule has 1 aliphatic rings. The molecule has 2 heterocycles. The molecule has 5 heteroatoms. The van der Waals surface area contributed by atoms with Crippen LogP contribution in [0.4, 0.5) is 0 Å². The van der Waals surface area contributed by atoms with Crippen LogP contribution in [0.1, 0.15) is 22.2 Å². The number of aromatic nitrogens is 1. The molecule has 2 unspecified atom stereocenters. The van der Waals surface area contributed by atoms with E-state index in [2.05, 4.69) is 6.07 Å². The zero-order valence-corrected chi connectivity index (χ0v) is 14.5. The van der Waals surface area contributed by atoms with Crippen molar-refractivity contribution in [3.63, 3.8) is 0 Å². The van der Waals surface area contributed by atoms with Crippen LogP contribution in [0.25, 0.3) is 10.9 Å². The summed E-state index contributed by atoms with van der Waals surface area (Å²) in [7, 11) is 1.33. The third kappa shape index (κ3) is 2.74. The van der Waals surface area contributed by atoms with Crippen LogP contribution in [-0.2, 0) is 9.53 Å². The zero-order valence-electron chi connectivity index (χ0n) is 13.7. The highest BCUT2D eigenvalue weighted by Gasteiger charge is 2.40. The number of fused-ring (bicyclic) bond motifs is 3. The van der Waals surface area contributed by atoms with Gasteiger partial charge in [0.25, 0.3) is 0 Å². The summed E-state index contributed by atoms with van der Waals surface area (Å²) in [5.74, 6) is -1.44. The minimum Gasteiger partial charge on any atom is -0.468 e.